The van der Waals surface area contributed by atoms with Crippen LogP contribution >= 0.6 is 34.7 Å². The second kappa shape index (κ2) is 9.03. The van der Waals surface area contributed by atoms with Crippen LogP contribution in [0.5, 0.6) is 0 Å². The first-order chi connectivity index (χ1) is 13.0. The van der Waals surface area contributed by atoms with Gasteiger partial charge in [-0.1, -0.05) is 41.9 Å². The van der Waals surface area contributed by atoms with Gasteiger partial charge in [0.15, 0.2) is 4.80 Å². The number of benzene rings is 2. The van der Waals surface area contributed by atoms with Gasteiger partial charge in [-0.15, -0.1) is 23.1 Å². The average Bonchev–Trinajstić information content (AvgIpc) is 3.08. The van der Waals surface area contributed by atoms with E-state index in [-0.39, 0.29) is 11.7 Å². The van der Waals surface area contributed by atoms with E-state index < -0.39 is 5.91 Å². The lowest BCUT2D eigenvalue weighted by Crippen LogP contribution is -2.17. The van der Waals surface area contributed by atoms with Crippen LogP contribution in [0.2, 0.25) is 5.02 Å². The summed E-state index contributed by atoms with van der Waals surface area (Å²) in [5.74, 6) is -0.691. The van der Waals surface area contributed by atoms with Gasteiger partial charge in [-0.2, -0.15) is 4.99 Å². The molecular weight excluding hydrogens is 402 g/mol. The van der Waals surface area contributed by atoms with E-state index in [1.807, 2.05) is 46.5 Å². The van der Waals surface area contributed by atoms with E-state index in [2.05, 4.69) is 4.99 Å². The molecule has 0 bridgehead atoms. The zero-order chi connectivity index (χ0) is 19.2. The molecule has 0 atom stereocenters. The lowest BCUT2D eigenvalue weighted by Gasteiger charge is -2.06. The fourth-order valence-corrected chi connectivity index (χ4v) is 4.09. The summed E-state index contributed by atoms with van der Waals surface area (Å²) in [6, 6.07) is 14.6. The van der Waals surface area contributed by atoms with Crippen molar-refractivity contribution in [2.45, 2.75) is 11.4 Å². The first kappa shape index (κ1) is 19.4. The molecule has 0 saturated carbocycles. The van der Waals surface area contributed by atoms with Crippen LogP contribution in [0, 0.1) is 0 Å². The van der Waals surface area contributed by atoms with Gasteiger partial charge >= 0.3 is 0 Å². The fourth-order valence-electron chi connectivity index (χ4n) is 2.38. The van der Waals surface area contributed by atoms with Crippen molar-refractivity contribution in [3.8, 4) is 0 Å². The molecule has 0 radical (unpaired) electrons. The Morgan fingerprint density at radius 1 is 1.15 bits per heavy atom. The molecule has 2 aromatic carbocycles. The van der Waals surface area contributed by atoms with Crippen molar-refractivity contribution in [3.05, 3.63) is 81.1 Å². The Kier molecular flexibility index (Phi) is 6.49. The van der Waals surface area contributed by atoms with Crippen molar-refractivity contribution in [1.82, 2.24) is 4.57 Å². The van der Waals surface area contributed by atoms with E-state index in [1.165, 1.54) is 23.1 Å². The summed E-state index contributed by atoms with van der Waals surface area (Å²) in [6.45, 7) is 0.521. The third kappa shape index (κ3) is 5.09. The number of hydrogen-bond donors (Lipinski definition) is 1. The van der Waals surface area contributed by atoms with Gasteiger partial charge in [0, 0.05) is 21.5 Å². The molecule has 3 aromatic rings. The zero-order valence-corrected chi connectivity index (χ0v) is 16.6. The van der Waals surface area contributed by atoms with Crippen LogP contribution in [0.1, 0.15) is 15.9 Å². The first-order valence-corrected chi connectivity index (χ1v) is 10.3. The van der Waals surface area contributed by atoms with Crippen LogP contribution in [0.3, 0.4) is 0 Å². The maximum atomic E-state index is 12.7. The summed E-state index contributed by atoms with van der Waals surface area (Å²) in [5, 5.41) is 2.54. The summed E-state index contributed by atoms with van der Waals surface area (Å²) >= 11 is 8.83. The van der Waals surface area contributed by atoms with Gasteiger partial charge in [0.25, 0.3) is 5.91 Å². The molecule has 0 aliphatic carbocycles. The standard InChI is InChI=1S/C19H16ClN3O2S2/c20-15-7-3-1-5-13(15)11-23-9-10-26-19(23)22-18(25)14-6-2-4-8-16(14)27-12-17(21)24/h1-10H,11-12H2,(H2,21,24). The van der Waals surface area contributed by atoms with Crippen molar-refractivity contribution in [2.75, 3.05) is 5.75 Å². The molecule has 1 heterocycles. The number of amides is 2. The monoisotopic (exact) mass is 417 g/mol. The van der Waals surface area contributed by atoms with Crippen LogP contribution in [-0.4, -0.2) is 22.1 Å². The van der Waals surface area contributed by atoms with Gasteiger partial charge < -0.3 is 10.3 Å². The van der Waals surface area contributed by atoms with Crippen molar-refractivity contribution in [1.29, 1.82) is 0 Å². The second-order valence-corrected chi connectivity index (χ2v) is 7.87. The SMILES string of the molecule is NC(=O)CSc1ccccc1C(=O)N=c1sccn1Cc1ccccc1Cl. The molecule has 0 aliphatic rings. The quantitative estimate of drug-likeness (QED) is 0.623. The number of carbonyl (C=O) groups is 2. The number of nitrogens with two attached hydrogens (primary N) is 1. The third-order valence-corrected chi connectivity index (χ3v) is 5.90. The molecule has 3 rings (SSSR count). The number of rotatable bonds is 6. The Morgan fingerprint density at radius 2 is 1.89 bits per heavy atom. The molecule has 2 amide bonds. The highest BCUT2D eigenvalue weighted by Gasteiger charge is 2.12. The molecule has 2 N–H and O–H groups in total. The molecule has 1 aromatic heterocycles. The molecule has 0 fully saturated rings. The van der Waals surface area contributed by atoms with Crippen molar-refractivity contribution in [2.24, 2.45) is 10.7 Å². The number of thiazole rings is 1. The maximum absolute atomic E-state index is 12.7. The van der Waals surface area contributed by atoms with Crippen molar-refractivity contribution < 1.29 is 9.59 Å². The van der Waals surface area contributed by atoms with Crippen LogP contribution in [0.25, 0.3) is 0 Å². The van der Waals surface area contributed by atoms with Crippen LogP contribution in [0.4, 0.5) is 0 Å². The molecular formula is C19H16ClN3O2S2. The Balaban J connectivity index is 1.88. The molecule has 5 nitrogen and oxygen atoms in total. The molecule has 0 unspecified atom stereocenters. The molecule has 0 aliphatic heterocycles. The topological polar surface area (TPSA) is 77.5 Å². The number of carbonyl (C=O) groups excluding carboxylic acids is 2. The van der Waals surface area contributed by atoms with E-state index in [1.54, 1.807) is 18.2 Å². The Bertz CT molecular complexity index is 1040. The normalized spacial score (nSPS) is 11.5. The Morgan fingerprint density at radius 3 is 2.67 bits per heavy atom. The minimum Gasteiger partial charge on any atom is -0.369 e. The van der Waals surface area contributed by atoms with Crippen LogP contribution in [-0.2, 0) is 11.3 Å². The first-order valence-electron chi connectivity index (χ1n) is 8.01. The third-order valence-electron chi connectivity index (χ3n) is 3.64. The number of aromatic nitrogens is 1. The molecule has 0 spiro atoms. The highest BCUT2D eigenvalue weighted by molar-refractivity contribution is 8.00. The lowest BCUT2D eigenvalue weighted by atomic mass is 10.2. The highest BCUT2D eigenvalue weighted by Crippen LogP contribution is 2.23. The molecule has 138 valence electrons. The van der Waals surface area contributed by atoms with Crippen LogP contribution < -0.4 is 10.5 Å². The highest BCUT2D eigenvalue weighted by atomic mass is 35.5. The van der Waals surface area contributed by atoms with Gasteiger partial charge in [-0.25, -0.2) is 0 Å². The average molecular weight is 418 g/mol. The van der Waals surface area contributed by atoms with Crippen LogP contribution in [0.15, 0.2) is 70.0 Å². The van der Waals surface area contributed by atoms with Gasteiger partial charge in [0.2, 0.25) is 5.91 Å². The molecule has 0 saturated heterocycles. The fraction of sp³-hybridized carbons (Fsp3) is 0.105. The summed E-state index contributed by atoms with van der Waals surface area (Å²) in [4.78, 5) is 29.3. The van der Waals surface area contributed by atoms with Gasteiger partial charge in [0.05, 0.1) is 17.9 Å². The molecule has 8 heteroatoms. The number of hydrogen-bond acceptors (Lipinski definition) is 4. The van der Waals surface area contributed by atoms with E-state index >= 15 is 0 Å². The van der Waals surface area contributed by atoms with Gasteiger partial charge in [-0.3, -0.25) is 9.59 Å². The minimum absolute atomic E-state index is 0.107. The maximum Gasteiger partial charge on any atom is 0.280 e. The lowest BCUT2D eigenvalue weighted by molar-refractivity contribution is -0.115. The predicted molar refractivity (Wildman–Crippen MR) is 109 cm³/mol. The largest absolute Gasteiger partial charge is 0.369 e. The molecule has 27 heavy (non-hydrogen) atoms. The van der Waals surface area contributed by atoms with E-state index in [9.17, 15) is 9.59 Å². The second-order valence-electron chi connectivity index (χ2n) is 5.57. The summed E-state index contributed by atoms with van der Waals surface area (Å²) < 4.78 is 1.88. The Hall–Kier alpha value is -2.35. The summed E-state index contributed by atoms with van der Waals surface area (Å²) in [6.07, 6.45) is 1.87. The van der Waals surface area contributed by atoms with E-state index in [0.717, 1.165) is 5.56 Å². The minimum atomic E-state index is -0.435. The number of primary amides is 1. The summed E-state index contributed by atoms with van der Waals surface area (Å²) in [7, 11) is 0. The smallest absolute Gasteiger partial charge is 0.280 e. The van der Waals surface area contributed by atoms with E-state index in [4.69, 9.17) is 17.3 Å². The van der Waals surface area contributed by atoms with E-state index in [0.29, 0.717) is 26.8 Å². The number of nitrogens with zero attached hydrogens (tertiary/aromatic N) is 2. The summed E-state index contributed by atoms with van der Waals surface area (Å²) in [5.41, 5.74) is 6.59. The van der Waals surface area contributed by atoms with Crippen molar-refractivity contribution in [3.63, 3.8) is 0 Å². The predicted octanol–water partition coefficient (Wildman–Crippen LogP) is 3.57. The Labute approximate surface area is 169 Å². The van der Waals surface area contributed by atoms with Crippen molar-refractivity contribution >= 4 is 46.5 Å². The van der Waals surface area contributed by atoms with Gasteiger partial charge in [-0.05, 0) is 23.8 Å². The van der Waals surface area contributed by atoms with Gasteiger partial charge in [0.1, 0.15) is 0 Å². The number of halogens is 1. The number of thioether (sulfide) groups is 1. The zero-order valence-electron chi connectivity index (χ0n) is 14.2.